The van der Waals surface area contributed by atoms with Crippen LogP contribution in [0.25, 0.3) is 50.1 Å². The molecule has 252 valence electrons. The number of benzene rings is 7. The van der Waals surface area contributed by atoms with Crippen LogP contribution in [-0.2, 0) is 19.3 Å². The van der Waals surface area contributed by atoms with Gasteiger partial charge in [0.2, 0.25) is 0 Å². The van der Waals surface area contributed by atoms with Crippen molar-refractivity contribution in [3.05, 3.63) is 215 Å². The third kappa shape index (κ3) is 4.99. The summed E-state index contributed by atoms with van der Waals surface area (Å²) < 4.78 is 0. The normalized spacial score (nSPS) is 13.5. The Labute approximate surface area is 312 Å². The second-order valence-corrected chi connectivity index (χ2v) is 14.4. The van der Waals surface area contributed by atoms with E-state index in [4.69, 9.17) is 0 Å². The molecule has 7 aromatic carbocycles. The maximum absolute atomic E-state index is 4.43. The van der Waals surface area contributed by atoms with Gasteiger partial charge in [-0.05, 0) is 128 Å². The summed E-state index contributed by atoms with van der Waals surface area (Å²) in [5.74, 6) is 0. The Balaban J connectivity index is 1.20. The molecule has 0 radical (unpaired) electrons. The summed E-state index contributed by atoms with van der Waals surface area (Å²) in [5, 5.41) is 0. The van der Waals surface area contributed by atoms with E-state index in [0.29, 0.717) is 0 Å². The minimum absolute atomic E-state index is 0.853. The first-order valence-electron chi connectivity index (χ1n) is 18.7. The van der Waals surface area contributed by atoms with Crippen molar-refractivity contribution in [2.24, 2.45) is 0 Å². The molecule has 0 amide bonds. The molecule has 10 rings (SSSR count). The number of para-hydroxylation sites is 2. The second kappa shape index (κ2) is 12.7. The Hall–Kier alpha value is -6.44. The largest absolute Gasteiger partial charge is 0.310 e. The third-order valence-electron chi connectivity index (χ3n) is 11.5. The zero-order valence-electron chi connectivity index (χ0n) is 29.9. The number of nitrogens with zero attached hydrogens (tertiary/aromatic N) is 1. The van der Waals surface area contributed by atoms with Gasteiger partial charge in [-0.25, -0.2) is 0 Å². The molecule has 3 aliphatic rings. The monoisotopic (exact) mass is 677 g/mol. The van der Waals surface area contributed by atoms with Gasteiger partial charge in [0.25, 0.3) is 0 Å². The van der Waals surface area contributed by atoms with Crippen LogP contribution in [0.4, 0.5) is 17.1 Å². The van der Waals surface area contributed by atoms with E-state index < -0.39 is 0 Å². The summed E-state index contributed by atoms with van der Waals surface area (Å²) in [4.78, 5) is 2.52. The minimum Gasteiger partial charge on any atom is -0.310 e. The van der Waals surface area contributed by atoms with Crippen molar-refractivity contribution in [3.8, 4) is 44.5 Å². The number of hydrogen-bond donors (Lipinski definition) is 0. The van der Waals surface area contributed by atoms with Crippen molar-refractivity contribution < 1.29 is 0 Å². The summed E-state index contributed by atoms with van der Waals surface area (Å²) in [6, 6.07) is 55.7. The van der Waals surface area contributed by atoms with E-state index in [2.05, 4.69) is 188 Å². The first-order valence-corrected chi connectivity index (χ1v) is 18.7. The van der Waals surface area contributed by atoms with Crippen molar-refractivity contribution in [2.45, 2.75) is 26.2 Å². The zero-order valence-corrected chi connectivity index (χ0v) is 29.9. The molecule has 0 N–H and O–H groups in total. The Bertz CT molecular complexity index is 2640. The maximum atomic E-state index is 4.43. The van der Waals surface area contributed by atoms with Crippen LogP contribution >= 0.6 is 0 Å². The van der Waals surface area contributed by atoms with E-state index in [1.54, 1.807) is 0 Å². The topological polar surface area (TPSA) is 3.24 Å². The van der Waals surface area contributed by atoms with Gasteiger partial charge in [-0.3, -0.25) is 0 Å². The van der Waals surface area contributed by atoms with Crippen LogP contribution in [0, 0.1) is 0 Å². The lowest BCUT2D eigenvalue weighted by Gasteiger charge is -2.31. The Morgan fingerprint density at radius 1 is 0.491 bits per heavy atom. The number of allylic oxidation sites excluding steroid dienone is 5. The highest BCUT2D eigenvalue weighted by Crippen LogP contribution is 2.56. The van der Waals surface area contributed by atoms with Crippen LogP contribution in [0.5, 0.6) is 0 Å². The van der Waals surface area contributed by atoms with Gasteiger partial charge in [0, 0.05) is 17.7 Å². The molecular formula is C52H39N. The number of hydrogen-bond acceptors (Lipinski definition) is 1. The molecule has 0 fully saturated rings. The smallest absolute Gasteiger partial charge is 0.0540 e. The quantitative estimate of drug-likeness (QED) is 0.162. The van der Waals surface area contributed by atoms with Crippen LogP contribution in [0.1, 0.15) is 40.3 Å². The van der Waals surface area contributed by atoms with Crippen LogP contribution in [0.15, 0.2) is 182 Å². The number of rotatable bonds is 7. The van der Waals surface area contributed by atoms with Gasteiger partial charge in [0.1, 0.15) is 0 Å². The van der Waals surface area contributed by atoms with Gasteiger partial charge in [0.15, 0.2) is 0 Å². The van der Waals surface area contributed by atoms with E-state index in [0.717, 1.165) is 24.9 Å². The van der Waals surface area contributed by atoms with Crippen molar-refractivity contribution in [3.63, 3.8) is 0 Å². The van der Waals surface area contributed by atoms with Crippen LogP contribution in [0.3, 0.4) is 0 Å². The van der Waals surface area contributed by atoms with Gasteiger partial charge in [-0.1, -0.05) is 152 Å². The van der Waals surface area contributed by atoms with Crippen molar-refractivity contribution in [1.82, 2.24) is 0 Å². The Kier molecular flexibility index (Phi) is 7.47. The summed E-state index contributed by atoms with van der Waals surface area (Å²) in [5.41, 5.74) is 25.1. The minimum atomic E-state index is 0.853. The molecule has 53 heavy (non-hydrogen) atoms. The fraction of sp³-hybridized carbons (Fsp3) is 0.0769. The van der Waals surface area contributed by atoms with Crippen LogP contribution in [0.2, 0.25) is 0 Å². The predicted octanol–water partition coefficient (Wildman–Crippen LogP) is 13.7. The van der Waals surface area contributed by atoms with E-state index in [1.165, 1.54) is 100 Å². The second-order valence-electron chi connectivity index (χ2n) is 14.4. The third-order valence-corrected chi connectivity index (χ3v) is 11.5. The van der Waals surface area contributed by atoms with Crippen molar-refractivity contribution in [1.29, 1.82) is 0 Å². The molecule has 0 heterocycles. The highest BCUT2D eigenvalue weighted by molar-refractivity contribution is 6.03. The summed E-state index contributed by atoms with van der Waals surface area (Å²) in [6.07, 6.45) is 9.33. The van der Waals surface area contributed by atoms with Gasteiger partial charge in [0.05, 0.1) is 11.4 Å². The Morgan fingerprint density at radius 2 is 1.17 bits per heavy atom. The zero-order chi connectivity index (χ0) is 35.5. The van der Waals surface area contributed by atoms with E-state index >= 15 is 0 Å². The number of fused-ring (bicyclic) bond motifs is 9. The van der Waals surface area contributed by atoms with E-state index in [-0.39, 0.29) is 0 Å². The molecule has 3 aliphatic carbocycles. The lowest BCUT2D eigenvalue weighted by molar-refractivity contribution is 1.17. The van der Waals surface area contributed by atoms with Crippen LogP contribution in [-0.4, -0.2) is 0 Å². The van der Waals surface area contributed by atoms with Gasteiger partial charge in [-0.2, -0.15) is 0 Å². The maximum Gasteiger partial charge on any atom is 0.0540 e. The SMILES string of the molecule is C=CC1=C(/C=C\C)Cc2c(N(c3ccccc3)c3ccccc3-c3ccc(-c4ccccc4)cc3)cc3c(c21)-c1c(ccc2c1Cc1ccccc1-2)C3. The van der Waals surface area contributed by atoms with E-state index in [9.17, 15) is 0 Å². The van der Waals surface area contributed by atoms with Gasteiger partial charge >= 0.3 is 0 Å². The standard InChI is InChI=1S/C52H39N/c1-3-15-37-32-47-49(33-40-30-39-28-29-45-43-21-12-11-18-38(43)31-46(45)50(39)51(40)52(47)42(37)4-2)53(41-19-9-6-10-20-41)48-23-14-13-22-44(48)36-26-24-35(25-27-36)34-16-7-5-8-17-34/h3-29,33H,2,30-32H2,1H3/b15-3-. The number of anilines is 3. The van der Waals surface area contributed by atoms with Crippen molar-refractivity contribution >= 4 is 22.6 Å². The average molecular weight is 678 g/mol. The predicted molar refractivity (Wildman–Crippen MR) is 224 cm³/mol. The van der Waals surface area contributed by atoms with Gasteiger partial charge in [-0.15, -0.1) is 0 Å². The molecule has 7 aromatic rings. The fourth-order valence-corrected chi connectivity index (χ4v) is 9.19. The van der Waals surface area contributed by atoms with Crippen LogP contribution < -0.4 is 4.90 Å². The molecule has 0 spiro atoms. The summed E-state index contributed by atoms with van der Waals surface area (Å²) >= 11 is 0. The lowest BCUT2D eigenvalue weighted by Crippen LogP contribution is -2.14. The molecule has 1 heteroatoms. The van der Waals surface area contributed by atoms with Gasteiger partial charge < -0.3 is 4.90 Å². The average Bonchev–Trinajstić information content (AvgIpc) is 3.90. The molecule has 0 saturated carbocycles. The molecule has 0 bridgehead atoms. The highest BCUT2D eigenvalue weighted by Gasteiger charge is 2.36. The summed E-state index contributed by atoms with van der Waals surface area (Å²) in [7, 11) is 0. The first-order chi connectivity index (χ1) is 26.2. The first kappa shape index (κ1) is 31.3. The van der Waals surface area contributed by atoms with E-state index in [1.807, 2.05) is 0 Å². The molecular weight excluding hydrogens is 639 g/mol. The molecule has 0 aromatic heterocycles. The molecule has 0 saturated heterocycles. The molecule has 0 aliphatic heterocycles. The molecule has 0 unspecified atom stereocenters. The van der Waals surface area contributed by atoms with Crippen molar-refractivity contribution in [2.75, 3.05) is 4.90 Å². The molecule has 0 atom stereocenters. The molecule has 1 nitrogen and oxygen atoms in total. The Morgan fingerprint density at radius 3 is 1.94 bits per heavy atom. The summed E-state index contributed by atoms with van der Waals surface area (Å²) in [6.45, 7) is 6.55. The highest BCUT2D eigenvalue weighted by atomic mass is 15.1. The fourth-order valence-electron chi connectivity index (χ4n) is 9.19. The lowest BCUT2D eigenvalue weighted by atomic mass is 9.88.